The Kier molecular flexibility index (Phi) is 14.2. The monoisotopic (exact) mass is 664 g/mol. The second kappa shape index (κ2) is 11.9. The maximum absolute atomic E-state index is 5.67. The highest BCUT2D eigenvalue weighted by Crippen LogP contribution is 2.08. The maximum Gasteiger partial charge on any atom is 0.0780 e. The minimum Gasteiger partial charge on any atom is -0.378 e. The lowest BCUT2D eigenvalue weighted by molar-refractivity contribution is -0.00192. The van der Waals surface area contributed by atoms with E-state index in [2.05, 4.69) is 97.3 Å². The molecule has 2 nitrogen and oxygen atoms in total. The number of hydrogen-bond acceptors (Lipinski definition) is 2. The molecule has 0 saturated carbocycles. The van der Waals surface area contributed by atoms with Crippen LogP contribution in [0.1, 0.15) is 6.92 Å². The van der Waals surface area contributed by atoms with Crippen molar-refractivity contribution in [3.05, 3.63) is 0 Å². The van der Waals surface area contributed by atoms with Crippen LogP contribution in [0.3, 0.4) is 0 Å². The first-order chi connectivity index (χ1) is 7.10. The van der Waals surface area contributed by atoms with Gasteiger partial charge in [0.15, 0.2) is 0 Å². The van der Waals surface area contributed by atoms with Crippen molar-refractivity contribution in [2.24, 2.45) is 0 Å². The Labute approximate surface area is 147 Å². The van der Waals surface area contributed by atoms with E-state index in [0.29, 0.717) is 14.5 Å². The predicted octanol–water partition coefficient (Wildman–Crippen LogP) is 3.89. The summed E-state index contributed by atoms with van der Waals surface area (Å²) in [5.41, 5.74) is 0. The van der Waals surface area contributed by atoms with Crippen LogP contribution in [0.4, 0.5) is 0 Å². The summed E-state index contributed by atoms with van der Waals surface area (Å²) in [5, 5.41) is 0. The smallest absolute Gasteiger partial charge is 0.0780 e. The summed E-state index contributed by atoms with van der Waals surface area (Å²) >= 11 is 9.59. The van der Waals surface area contributed by atoms with Crippen LogP contribution in [0.5, 0.6) is 0 Å². The minimum atomic E-state index is 0.211. The van der Waals surface area contributed by atoms with E-state index in [0.717, 1.165) is 22.1 Å². The molecule has 0 radical (unpaired) electrons. The van der Waals surface area contributed by atoms with Crippen molar-refractivity contribution in [2.75, 3.05) is 28.7 Å². The lowest BCUT2D eigenvalue weighted by Gasteiger charge is -2.16. The fourth-order valence-electron chi connectivity index (χ4n) is 0.768. The van der Waals surface area contributed by atoms with Gasteiger partial charge in [-0.3, -0.25) is 0 Å². The molecule has 0 spiro atoms. The summed E-state index contributed by atoms with van der Waals surface area (Å²) < 4.78 is 14.7. The van der Waals surface area contributed by atoms with E-state index in [1.807, 2.05) is 0 Å². The van der Waals surface area contributed by atoms with Crippen LogP contribution in [0.2, 0.25) is 0 Å². The lowest BCUT2D eigenvalue weighted by atomic mass is 10.4. The SMILES string of the molecule is CC(COCC(I)CI)OCC(I)CI. The molecule has 0 rings (SSSR count). The molecule has 3 atom stereocenters. The van der Waals surface area contributed by atoms with Gasteiger partial charge in [-0.2, -0.15) is 0 Å². The van der Waals surface area contributed by atoms with E-state index >= 15 is 0 Å². The summed E-state index contributed by atoms with van der Waals surface area (Å²) in [6.07, 6.45) is 0.211. The Hall–Kier alpha value is 2.84. The molecule has 0 aliphatic rings. The van der Waals surface area contributed by atoms with Gasteiger partial charge in [-0.05, 0) is 6.92 Å². The number of alkyl halides is 4. The van der Waals surface area contributed by atoms with Crippen molar-refractivity contribution in [1.29, 1.82) is 0 Å². The van der Waals surface area contributed by atoms with Crippen LogP contribution in [0, 0.1) is 0 Å². The molecule has 6 heteroatoms. The largest absolute Gasteiger partial charge is 0.378 e. The quantitative estimate of drug-likeness (QED) is 0.276. The molecule has 0 aromatic carbocycles. The van der Waals surface area contributed by atoms with Gasteiger partial charge >= 0.3 is 0 Å². The third-order valence-corrected chi connectivity index (χ3v) is 8.64. The Morgan fingerprint density at radius 3 is 2.00 bits per heavy atom. The van der Waals surface area contributed by atoms with Gasteiger partial charge in [0.1, 0.15) is 0 Å². The molecule has 0 aliphatic heterocycles. The van der Waals surface area contributed by atoms with Gasteiger partial charge in [0.05, 0.1) is 25.9 Å². The van der Waals surface area contributed by atoms with Crippen LogP contribution < -0.4 is 0 Å². The summed E-state index contributed by atoms with van der Waals surface area (Å²) in [6, 6.07) is 0. The van der Waals surface area contributed by atoms with Crippen molar-refractivity contribution in [1.82, 2.24) is 0 Å². The summed E-state index contributed by atoms with van der Waals surface area (Å²) in [6.45, 7) is 4.44. The zero-order valence-corrected chi connectivity index (χ0v) is 17.2. The molecule has 0 heterocycles. The van der Waals surface area contributed by atoms with Crippen LogP contribution >= 0.6 is 90.4 Å². The van der Waals surface area contributed by atoms with Crippen LogP contribution in [-0.2, 0) is 9.47 Å². The van der Waals surface area contributed by atoms with Crippen molar-refractivity contribution >= 4 is 90.4 Å². The lowest BCUT2D eigenvalue weighted by Crippen LogP contribution is -2.23. The molecule has 0 N–H and O–H groups in total. The maximum atomic E-state index is 5.67. The Morgan fingerprint density at radius 1 is 0.933 bits per heavy atom. The molecule has 0 aromatic heterocycles. The Bertz CT molecular complexity index is 148. The highest BCUT2D eigenvalue weighted by atomic mass is 127. The van der Waals surface area contributed by atoms with Crippen molar-refractivity contribution in [2.45, 2.75) is 20.9 Å². The Balaban J connectivity index is 3.37. The first-order valence-corrected chi connectivity index (χ1v) is 10.2. The molecule has 0 aromatic rings. The number of halogens is 4. The van der Waals surface area contributed by atoms with Gasteiger partial charge in [-0.15, -0.1) is 0 Å². The molecule has 15 heavy (non-hydrogen) atoms. The van der Waals surface area contributed by atoms with Gasteiger partial charge < -0.3 is 9.47 Å². The van der Waals surface area contributed by atoms with Crippen molar-refractivity contribution < 1.29 is 9.47 Å². The molecular weight excluding hydrogens is 648 g/mol. The topological polar surface area (TPSA) is 18.5 Å². The second-order valence-corrected chi connectivity index (χ2v) is 8.47. The fourth-order valence-corrected chi connectivity index (χ4v) is 1.74. The standard InChI is InChI=1S/C9H16I4O2/c1-7(15-6-9(13)3-11)4-14-5-8(12)2-10/h7-9H,2-6H2,1H3. The van der Waals surface area contributed by atoms with E-state index in [1.54, 1.807) is 0 Å². The molecule has 0 bridgehead atoms. The number of ether oxygens (including phenoxy) is 2. The van der Waals surface area contributed by atoms with Gasteiger partial charge in [0.25, 0.3) is 0 Å². The van der Waals surface area contributed by atoms with E-state index < -0.39 is 0 Å². The normalized spacial score (nSPS) is 17.4. The summed E-state index contributed by atoms with van der Waals surface area (Å²) in [7, 11) is 0. The molecule has 0 fully saturated rings. The van der Waals surface area contributed by atoms with Crippen LogP contribution in [0.15, 0.2) is 0 Å². The number of rotatable bonds is 9. The molecule has 92 valence electrons. The fraction of sp³-hybridized carbons (Fsp3) is 1.00. The zero-order valence-electron chi connectivity index (χ0n) is 8.60. The average Bonchev–Trinajstić information content (AvgIpc) is 2.25. The third kappa shape index (κ3) is 11.7. The highest BCUT2D eigenvalue weighted by Gasteiger charge is 2.08. The first kappa shape index (κ1) is 17.8. The third-order valence-electron chi connectivity index (χ3n) is 1.55. The van der Waals surface area contributed by atoms with E-state index in [4.69, 9.17) is 9.47 Å². The first-order valence-electron chi connectivity index (χ1n) is 4.69. The van der Waals surface area contributed by atoms with E-state index in [9.17, 15) is 0 Å². The average molecular weight is 664 g/mol. The predicted molar refractivity (Wildman–Crippen MR) is 99.6 cm³/mol. The molecular formula is C9H16I4O2. The van der Waals surface area contributed by atoms with Crippen LogP contribution in [0.25, 0.3) is 0 Å². The second-order valence-electron chi connectivity index (χ2n) is 3.18. The minimum absolute atomic E-state index is 0.211. The number of hydrogen-bond donors (Lipinski definition) is 0. The van der Waals surface area contributed by atoms with Gasteiger partial charge in [-0.1, -0.05) is 90.4 Å². The van der Waals surface area contributed by atoms with Crippen molar-refractivity contribution in [3.8, 4) is 0 Å². The van der Waals surface area contributed by atoms with E-state index in [-0.39, 0.29) is 6.10 Å². The highest BCUT2D eigenvalue weighted by molar-refractivity contribution is 14.1. The van der Waals surface area contributed by atoms with Crippen molar-refractivity contribution in [3.63, 3.8) is 0 Å². The molecule has 0 aliphatic carbocycles. The van der Waals surface area contributed by atoms with E-state index in [1.165, 1.54) is 0 Å². The summed E-state index contributed by atoms with van der Waals surface area (Å²) in [4.78, 5) is 0. The Morgan fingerprint density at radius 2 is 1.47 bits per heavy atom. The van der Waals surface area contributed by atoms with Gasteiger partial charge in [0.2, 0.25) is 0 Å². The van der Waals surface area contributed by atoms with Crippen LogP contribution in [-0.4, -0.2) is 42.6 Å². The van der Waals surface area contributed by atoms with Gasteiger partial charge in [0, 0.05) is 16.7 Å². The molecule has 0 amide bonds. The molecule has 0 saturated heterocycles. The molecule has 3 unspecified atom stereocenters. The zero-order chi connectivity index (χ0) is 11.7. The summed E-state index contributed by atoms with van der Waals surface area (Å²) in [5.74, 6) is 0. The van der Waals surface area contributed by atoms with Gasteiger partial charge in [-0.25, -0.2) is 0 Å².